The monoisotopic (exact) mass is 334 g/mol. The Balaban J connectivity index is 1.47. The van der Waals surface area contributed by atoms with Gasteiger partial charge in [-0.1, -0.05) is 30.2 Å². The Morgan fingerprint density at radius 1 is 1.52 bits per heavy atom. The zero-order valence-electron chi connectivity index (χ0n) is 13.0. The average Bonchev–Trinajstić information content (AvgIpc) is 3.27. The van der Waals surface area contributed by atoms with Crippen LogP contribution in [0.25, 0.3) is 0 Å². The summed E-state index contributed by atoms with van der Waals surface area (Å²) in [7, 11) is 0. The minimum absolute atomic E-state index is 0.188. The third-order valence-corrected chi connectivity index (χ3v) is 4.36. The molecule has 23 heavy (non-hydrogen) atoms. The van der Waals surface area contributed by atoms with E-state index >= 15 is 0 Å². The highest BCUT2D eigenvalue weighted by atomic mass is 32.1. The van der Waals surface area contributed by atoms with Crippen molar-refractivity contribution in [3.63, 3.8) is 0 Å². The first kappa shape index (κ1) is 15.7. The molecule has 1 atom stereocenters. The number of hydrogen-bond donors (Lipinski definition) is 1. The molecule has 3 rings (SSSR count). The van der Waals surface area contributed by atoms with E-state index in [1.165, 1.54) is 4.88 Å². The van der Waals surface area contributed by atoms with Crippen LogP contribution in [0.5, 0.6) is 0 Å². The van der Waals surface area contributed by atoms with E-state index in [0.717, 1.165) is 5.71 Å². The number of rotatable bonds is 6. The van der Waals surface area contributed by atoms with Crippen LogP contribution in [0, 0.1) is 5.92 Å². The summed E-state index contributed by atoms with van der Waals surface area (Å²) in [4.78, 5) is 22.7. The molecule has 0 fully saturated rings. The van der Waals surface area contributed by atoms with E-state index < -0.39 is 6.10 Å². The fourth-order valence-electron chi connectivity index (χ4n) is 2.16. The highest BCUT2D eigenvalue weighted by molar-refractivity contribution is 7.09. The maximum atomic E-state index is 12.1. The Morgan fingerprint density at radius 3 is 3.09 bits per heavy atom. The van der Waals surface area contributed by atoms with Crippen molar-refractivity contribution in [3.8, 4) is 0 Å². The fourth-order valence-corrected chi connectivity index (χ4v) is 2.86. The first-order valence-electron chi connectivity index (χ1n) is 7.46. The second-order valence-electron chi connectivity index (χ2n) is 5.61. The van der Waals surface area contributed by atoms with Crippen molar-refractivity contribution in [2.24, 2.45) is 11.1 Å². The van der Waals surface area contributed by atoms with Crippen LogP contribution >= 0.6 is 11.3 Å². The minimum atomic E-state index is -0.569. The summed E-state index contributed by atoms with van der Waals surface area (Å²) in [6.45, 7) is 4.24. The lowest BCUT2D eigenvalue weighted by atomic mass is 10.0. The van der Waals surface area contributed by atoms with Gasteiger partial charge in [-0.3, -0.25) is 4.79 Å². The predicted octanol–water partition coefficient (Wildman–Crippen LogP) is 2.14. The molecule has 1 unspecified atom stereocenters. The van der Waals surface area contributed by atoms with Gasteiger partial charge in [0, 0.05) is 17.7 Å². The van der Waals surface area contributed by atoms with Crippen LogP contribution in [0.1, 0.15) is 36.9 Å². The molecule has 0 radical (unpaired) electrons. The third kappa shape index (κ3) is 3.95. The molecule has 122 valence electrons. The van der Waals surface area contributed by atoms with Crippen LogP contribution in [-0.2, 0) is 22.6 Å². The van der Waals surface area contributed by atoms with Crippen LogP contribution in [0.15, 0.2) is 27.2 Å². The number of aromatic nitrogens is 2. The Bertz CT molecular complexity index is 693. The molecule has 2 aromatic rings. The summed E-state index contributed by atoms with van der Waals surface area (Å²) in [6, 6.07) is 4.00. The van der Waals surface area contributed by atoms with Crippen molar-refractivity contribution >= 4 is 23.0 Å². The van der Waals surface area contributed by atoms with Crippen LogP contribution in [0.2, 0.25) is 0 Å². The molecule has 0 bridgehead atoms. The van der Waals surface area contributed by atoms with E-state index in [1.807, 2.05) is 31.4 Å². The topological polar surface area (TPSA) is 89.6 Å². The zero-order chi connectivity index (χ0) is 16.2. The predicted molar refractivity (Wildman–Crippen MR) is 85.0 cm³/mol. The summed E-state index contributed by atoms with van der Waals surface area (Å²) < 4.78 is 5.15. The Labute approximate surface area is 137 Å². The Hall–Kier alpha value is -2.22. The molecule has 1 amide bonds. The molecule has 3 heterocycles. The zero-order valence-corrected chi connectivity index (χ0v) is 13.8. The normalized spacial score (nSPS) is 17.2. The molecule has 0 saturated carbocycles. The van der Waals surface area contributed by atoms with Gasteiger partial charge in [0.2, 0.25) is 12.0 Å². The number of carbonyl (C=O) groups excluding carboxylic acids is 1. The van der Waals surface area contributed by atoms with Gasteiger partial charge in [0.1, 0.15) is 0 Å². The van der Waals surface area contributed by atoms with Gasteiger partial charge < -0.3 is 14.7 Å². The quantitative estimate of drug-likeness (QED) is 0.874. The van der Waals surface area contributed by atoms with Crippen LogP contribution in [0.4, 0.5) is 0 Å². The van der Waals surface area contributed by atoms with Gasteiger partial charge in [0.05, 0.1) is 12.3 Å². The molecule has 7 nitrogen and oxygen atoms in total. The number of oxime groups is 1. The van der Waals surface area contributed by atoms with Crippen molar-refractivity contribution in [2.75, 3.05) is 0 Å². The van der Waals surface area contributed by atoms with Crippen molar-refractivity contribution < 1.29 is 14.2 Å². The van der Waals surface area contributed by atoms with Gasteiger partial charge in [0.15, 0.2) is 5.82 Å². The van der Waals surface area contributed by atoms with E-state index in [4.69, 9.17) is 9.36 Å². The average molecular weight is 334 g/mol. The SMILES string of the molecule is CC(C)C1=NOC(C(=O)NCc2nc(Cc3cccs3)no2)C1. The standard InChI is InChI=1S/C15H18N4O3S/c1-9(2)11-7-12(21-18-11)15(20)16-8-14-17-13(19-22-14)6-10-4-3-5-23-10/h3-5,9,12H,6-8H2,1-2H3,(H,16,20). The Morgan fingerprint density at radius 2 is 2.39 bits per heavy atom. The van der Waals surface area contributed by atoms with Crippen LogP contribution < -0.4 is 5.32 Å². The molecular weight excluding hydrogens is 316 g/mol. The molecule has 2 aromatic heterocycles. The van der Waals surface area contributed by atoms with Gasteiger partial charge in [-0.05, 0) is 17.4 Å². The van der Waals surface area contributed by atoms with Gasteiger partial charge in [0.25, 0.3) is 5.91 Å². The highest BCUT2D eigenvalue weighted by Crippen LogP contribution is 2.16. The number of hydrogen-bond acceptors (Lipinski definition) is 7. The lowest BCUT2D eigenvalue weighted by molar-refractivity contribution is -0.131. The van der Waals surface area contributed by atoms with Crippen molar-refractivity contribution in [1.29, 1.82) is 0 Å². The van der Waals surface area contributed by atoms with Crippen LogP contribution in [0.3, 0.4) is 0 Å². The second-order valence-corrected chi connectivity index (χ2v) is 6.65. The first-order valence-corrected chi connectivity index (χ1v) is 8.34. The number of thiophene rings is 1. The van der Waals surface area contributed by atoms with E-state index in [9.17, 15) is 4.79 Å². The summed E-state index contributed by atoms with van der Waals surface area (Å²) in [5, 5.41) is 12.6. The molecule has 0 saturated heterocycles. The number of carbonyl (C=O) groups is 1. The van der Waals surface area contributed by atoms with E-state index in [1.54, 1.807) is 11.3 Å². The molecule has 0 spiro atoms. The Kier molecular flexibility index (Phi) is 4.71. The highest BCUT2D eigenvalue weighted by Gasteiger charge is 2.29. The second kappa shape index (κ2) is 6.91. The molecule has 8 heteroatoms. The van der Waals surface area contributed by atoms with E-state index in [2.05, 4.69) is 20.6 Å². The number of nitrogens with one attached hydrogen (secondary N) is 1. The van der Waals surface area contributed by atoms with Crippen molar-refractivity contribution in [1.82, 2.24) is 15.5 Å². The lowest BCUT2D eigenvalue weighted by Gasteiger charge is -2.07. The molecule has 0 aliphatic carbocycles. The molecule has 1 aliphatic heterocycles. The lowest BCUT2D eigenvalue weighted by Crippen LogP contribution is -2.34. The van der Waals surface area contributed by atoms with Gasteiger partial charge in [-0.2, -0.15) is 4.98 Å². The van der Waals surface area contributed by atoms with Crippen LogP contribution in [-0.4, -0.2) is 27.9 Å². The van der Waals surface area contributed by atoms with Crippen molar-refractivity contribution in [3.05, 3.63) is 34.1 Å². The molecular formula is C15H18N4O3S. The summed E-state index contributed by atoms with van der Waals surface area (Å²) in [5.74, 6) is 1.05. The summed E-state index contributed by atoms with van der Waals surface area (Å²) in [5.41, 5.74) is 0.904. The fraction of sp³-hybridized carbons (Fsp3) is 0.467. The van der Waals surface area contributed by atoms with E-state index in [-0.39, 0.29) is 18.4 Å². The van der Waals surface area contributed by atoms with Gasteiger partial charge in [-0.25, -0.2) is 0 Å². The summed E-state index contributed by atoms with van der Waals surface area (Å²) in [6.07, 6.45) is 0.588. The summed E-state index contributed by atoms with van der Waals surface area (Å²) >= 11 is 1.64. The smallest absolute Gasteiger partial charge is 0.264 e. The molecule has 1 N–H and O–H groups in total. The van der Waals surface area contributed by atoms with Gasteiger partial charge >= 0.3 is 0 Å². The maximum absolute atomic E-state index is 12.1. The largest absolute Gasteiger partial charge is 0.382 e. The molecule has 1 aliphatic rings. The first-order chi connectivity index (χ1) is 11.1. The number of amides is 1. The van der Waals surface area contributed by atoms with Gasteiger partial charge in [-0.15, -0.1) is 11.3 Å². The maximum Gasteiger partial charge on any atom is 0.264 e. The third-order valence-electron chi connectivity index (χ3n) is 3.49. The molecule has 0 aromatic carbocycles. The minimum Gasteiger partial charge on any atom is -0.382 e. The van der Waals surface area contributed by atoms with E-state index in [0.29, 0.717) is 24.6 Å². The van der Waals surface area contributed by atoms with Crippen molar-refractivity contribution in [2.45, 2.75) is 39.3 Å². The number of nitrogens with zero attached hydrogens (tertiary/aromatic N) is 3.